The van der Waals surface area contributed by atoms with Crippen LogP contribution in [0.25, 0.3) is 21.5 Å². The van der Waals surface area contributed by atoms with Crippen molar-refractivity contribution in [1.82, 2.24) is 0 Å². The van der Waals surface area contributed by atoms with Gasteiger partial charge in [-0.15, -0.1) is 0 Å². The average Bonchev–Trinajstić information content (AvgIpc) is 2.65. The molecule has 4 aromatic carbocycles. The molecule has 0 fully saturated rings. The van der Waals surface area contributed by atoms with Crippen molar-refractivity contribution in [1.29, 1.82) is 0 Å². The van der Waals surface area contributed by atoms with Crippen molar-refractivity contribution in [2.75, 3.05) is 0 Å². The fourth-order valence-electron chi connectivity index (χ4n) is 3.91. The molecule has 1 nitrogen and oxygen atoms in total. The zero-order valence-electron chi connectivity index (χ0n) is 13.5. The van der Waals surface area contributed by atoms with E-state index in [1.807, 2.05) is 48.5 Å². The SMILES string of the molecule is ClC(Cl)(Cl)C1c2c(ccc3ccccc23)Oc2ccc3ccccc3c21. The highest BCUT2D eigenvalue weighted by molar-refractivity contribution is 6.68. The summed E-state index contributed by atoms with van der Waals surface area (Å²) in [5.74, 6) is 1.05. The fourth-order valence-corrected chi connectivity index (χ4v) is 4.57. The summed E-state index contributed by atoms with van der Waals surface area (Å²) in [7, 11) is 0. The van der Waals surface area contributed by atoms with E-state index in [-0.39, 0.29) is 0 Å². The molecule has 128 valence electrons. The summed E-state index contributed by atoms with van der Waals surface area (Å²) in [4.78, 5) is 0. The van der Waals surface area contributed by atoms with Gasteiger partial charge in [0.1, 0.15) is 11.5 Å². The lowest BCUT2D eigenvalue weighted by atomic mass is 9.83. The van der Waals surface area contributed by atoms with Crippen LogP contribution in [0.15, 0.2) is 72.8 Å². The van der Waals surface area contributed by atoms with Crippen molar-refractivity contribution in [2.24, 2.45) is 0 Å². The summed E-state index contributed by atoms with van der Waals surface area (Å²) in [6.07, 6.45) is 0. The van der Waals surface area contributed by atoms with Gasteiger partial charge in [0, 0.05) is 11.1 Å². The Labute approximate surface area is 166 Å². The molecule has 0 radical (unpaired) electrons. The third kappa shape index (κ3) is 2.39. The predicted octanol–water partition coefficient (Wildman–Crippen LogP) is 7.60. The van der Waals surface area contributed by atoms with Crippen LogP contribution in [0.4, 0.5) is 0 Å². The Bertz CT molecular complexity index is 1080. The molecule has 0 saturated heterocycles. The van der Waals surface area contributed by atoms with Gasteiger partial charge in [-0.2, -0.15) is 0 Å². The van der Waals surface area contributed by atoms with E-state index in [9.17, 15) is 0 Å². The zero-order chi connectivity index (χ0) is 17.9. The third-order valence-corrected chi connectivity index (χ3v) is 5.64. The first-order chi connectivity index (χ1) is 12.5. The molecule has 1 heterocycles. The van der Waals surface area contributed by atoms with Crippen molar-refractivity contribution in [3.05, 3.63) is 83.9 Å². The van der Waals surface area contributed by atoms with Crippen molar-refractivity contribution in [3.63, 3.8) is 0 Å². The smallest absolute Gasteiger partial charge is 0.201 e. The number of rotatable bonds is 0. The van der Waals surface area contributed by atoms with E-state index in [1.165, 1.54) is 0 Å². The van der Waals surface area contributed by atoms with Crippen LogP contribution in [0.3, 0.4) is 0 Å². The molecule has 5 rings (SSSR count). The number of alkyl halides is 3. The zero-order valence-corrected chi connectivity index (χ0v) is 15.8. The van der Waals surface area contributed by atoms with E-state index >= 15 is 0 Å². The van der Waals surface area contributed by atoms with Crippen molar-refractivity contribution in [2.45, 2.75) is 9.71 Å². The highest BCUT2D eigenvalue weighted by Gasteiger charge is 2.43. The minimum Gasteiger partial charge on any atom is -0.457 e. The van der Waals surface area contributed by atoms with Crippen LogP contribution in [0.2, 0.25) is 0 Å². The molecule has 0 spiro atoms. The number of benzene rings is 4. The molecule has 0 bridgehead atoms. The van der Waals surface area contributed by atoms with Crippen LogP contribution < -0.4 is 4.74 Å². The Hall–Kier alpha value is -1.93. The first-order valence-electron chi connectivity index (χ1n) is 8.32. The second kappa shape index (κ2) is 5.79. The molecule has 4 heteroatoms. The van der Waals surface area contributed by atoms with Gasteiger partial charge >= 0.3 is 0 Å². The van der Waals surface area contributed by atoms with Crippen molar-refractivity contribution in [3.8, 4) is 11.5 Å². The third-order valence-electron chi connectivity index (χ3n) is 4.99. The van der Waals surface area contributed by atoms with Gasteiger partial charge in [-0.25, -0.2) is 0 Å². The minimum atomic E-state index is -1.51. The molecular weight excluding hydrogens is 387 g/mol. The topological polar surface area (TPSA) is 9.23 Å². The highest BCUT2D eigenvalue weighted by Crippen LogP contribution is 2.57. The van der Waals surface area contributed by atoms with E-state index in [4.69, 9.17) is 39.5 Å². The Balaban J connectivity index is 1.92. The molecular formula is C22H13Cl3O. The molecule has 0 saturated carbocycles. The largest absolute Gasteiger partial charge is 0.457 e. The number of halogens is 3. The molecule has 0 aromatic heterocycles. The van der Waals surface area contributed by atoms with Gasteiger partial charge in [0.15, 0.2) is 0 Å². The molecule has 0 unspecified atom stereocenters. The van der Waals surface area contributed by atoms with E-state index in [0.29, 0.717) is 0 Å². The summed E-state index contributed by atoms with van der Waals surface area (Å²) >= 11 is 19.6. The molecule has 0 aliphatic carbocycles. The quantitative estimate of drug-likeness (QED) is 0.277. The lowest BCUT2D eigenvalue weighted by molar-refractivity contribution is 0.449. The lowest BCUT2D eigenvalue weighted by Crippen LogP contribution is -2.23. The van der Waals surface area contributed by atoms with Crippen LogP contribution in [0, 0.1) is 0 Å². The second-order valence-corrected chi connectivity index (χ2v) is 8.84. The first-order valence-corrected chi connectivity index (χ1v) is 9.45. The van der Waals surface area contributed by atoms with Crippen LogP contribution in [0.1, 0.15) is 17.0 Å². The van der Waals surface area contributed by atoms with Gasteiger partial charge in [-0.3, -0.25) is 0 Å². The Morgan fingerprint density at radius 3 is 1.54 bits per heavy atom. The fraction of sp³-hybridized carbons (Fsp3) is 0.0909. The standard InChI is InChI=1S/C22H13Cl3O/c23-22(24,25)21-19-15-7-3-1-5-13(15)9-11-17(19)26-18-12-10-14-6-2-4-8-16(14)20(18)21/h1-12,21H. The van der Waals surface area contributed by atoms with E-state index in [2.05, 4.69) is 24.3 Å². The number of hydrogen-bond acceptors (Lipinski definition) is 1. The van der Waals surface area contributed by atoms with E-state index in [0.717, 1.165) is 44.2 Å². The van der Waals surface area contributed by atoms with Gasteiger partial charge in [-0.05, 0) is 33.7 Å². The first kappa shape index (κ1) is 16.3. The average molecular weight is 400 g/mol. The highest BCUT2D eigenvalue weighted by atomic mass is 35.6. The van der Waals surface area contributed by atoms with Crippen LogP contribution in [0.5, 0.6) is 11.5 Å². The van der Waals surface area contributed by atoms with Gasteiger partial charge in [-0.1, -0.05) is 95.5 Å². The monoisotopic (exact) mass is 398 g/mol. The Morgan fingerprint density at radius 1 is 0.615 bits per heavy atom. The summed E-state index contributed by atoms with van der Waals surface area (Å²) < 4.78 is 4.73. The molecule has 0 amide bonds. The molecule has 26 heavy (non-hydrogen) atoms. The summed E-state index contributed by atoms with van der Waals surface area (Å²) in [5, 5.41) is 4.27. The molecule has 4 aromatic rings. The van der Waals surface area contributed by atoms with Crippen molar-refractivity contribution >= 4 is 56.3 Å². The maximum absolute atomic E-state index is 6.54. The second-order valence-electron chi connectivity index (χ2n) is 6.47. The van der Waals surface area contributed by atoms with Crippen molar-refractivity contribution < 1.29 is 4.74 Å². The van der Waals surface area contributed by atoms with Gasteiger partial charge in [0.25, 0.3) is 0 Å². The van der Waals surface area contributed by atoms with Gasteiger partial charge < -0.3 is 4.74 Å². The Morgan fingerprint density at radius 2 is 1.08 bits per heavy atom. The van der Waals surface area contributed by atoms with Gasteiger partial charge in [0.05, 0.1) is 5.92 Å². The number of ether oxygens (including phenoxy) is 1. The predicted molar refractivity (Wildman–Crippen MR) is 110 cm³/mol. The van der Waals surface area contributed by atoms with Crippen LogP contribution in [-0.4, -0.2) is 3.79 Å². The summed E-state index contributed by atoms with van der Waals surface area (Å²) in [6.45, 7) is 0. The van der Waals surface area contributed by atoms with E-state index < -0.39 is 9.71 Å². The minimum absolute atomic E-state index is 0.427. The molecule has 1 aliphatic heterocycles. The Kier molecular flexibility index (Phi) is 3.62. The maximum atomic E-state index is 6.54. The van der Waals surface area contributed by atoms with Gasteiger partial charge in [0.2, 0.25) is 3.79 Å². The van der Waals surface area contributed by atoms with E-state index in [1.54, 1.807) is 0 Å². The number of fused-ring (bicyclic) bond motifs is 6. The number of hydrogen-bond donors (Lipinski definition) is 0. The lowest BCUT2D eigenvalue weighted by Gasteiger charge is -2.34. The molecule has 0 N–H and O–H groups in total. The van der Waals surface area contributed by atoms with Crippen LogP contribution >= 0.6 is 34.8 Å². The normalized spacial score (nSPS) is 14.1. The summed E-state index contributed by atoms with van der Waals surface area (Å²) in [5.41, 5.74) is 1.85. The maximum Gasteiger partial charge on any atom is 0.201 e. The molecule has 1 aliphatic rings. The summed E-state index contributed by atoms with van der Waals surface area (Å²) in [6, 6.07) is 24.2. The molecule has 0 atom stereocenters. The van der Waals surface area contributed by atoms with Crippen LogP contribution in [-0.2, 0) is 0 Å².